The maximum Gasteiger partial charge on any atom is 0.322 e. The second kappa shape index (κ2) is 8.79. The number of rotatable bonds is 5. The molecule has 0 aliphatic carbocycles. The molecule has 31 heavy (non-hydrogen) atoms. The highest BCUT2D eigenvalue weighted by Crippen LogP contribution is 2.34. The number of carbonyl (C=O) groups is 2. The summed E-state index contributed by atoms with van der Waals surface area (Å²) in [6.45, 7) is 7.35. The van der Waals surface area contributed by atoms with Gasteiger partial charge in [0.1, 0.15) is 5.82 Å². The Morgan fingerprint density at radius 2 is 1.94 bits per heavy atom. The molecule has 1 atom stereocenters. The molecule has 1 saturated heterocycles. The standard InChI is InChI=1S/C24H29N5O2/c1-4-22(30)25-17-13-12-16(3)19(15-17)27-24(31)29-14-8-11-21(29)23-26-18-9-6-7-10-20(18)28(23)5-2/h6-7,9-10,12-13,15,21H,4-5,8,11,14H2,1-3H3,(H,25,30)(H,27,31). The predicted molar refractivity (Wildman–Crippen MR) is 123 cm³/mol. The van der Waals surface area contributed by atoms with Crippen molar-refractivity contribution < 1.29 is 9.59 Å². The van der Waals surface area contributed by atoms with Crippen molar-refractivity contribution in [2.75, 3.05) is 17.2 Å². The number of carbonyl (C=O) groups excluding carboxylic acids is 2. The molecular formula is C24H29N5O2. The molecule has 2 heterocycles. The van der Waals surface area contributed by atoms with Crippen molar-refractivity contribution in [2.45, 2.75) is 52.6 Å². The number of imidazole rings is 1. The van der Waals surface area contributed by atoms with E-state index in [0.717, 1.165) is 41.8 Å². The van der Waals surface area contributed by atoms with E-state index in [-0.39, 0.29) is 18.0 Å². The van der Waals surface area contributed by atoms with Gasteiger partial charge in [-0.2, -0.15) is 0 Å². The molecule has 162 valence electrons. The molecule has 3 amide bonds. The first-order chi connectivity index (χ1) is 15.0. The van der Waals surface area contributed by atoms with Crippen LogP contribution < -0.4 is 10.6 Å². The summed E-state index contributed by atoms with van der Waals surface area (Å²) >= 11 is 0. The molecule has 4 rings (SSSR count). The Morgan fingerprint density at radius 1 is 1.13 bits per heavy atom. The minimum Gasteiger partial charge on any atom is -0.327 e. The number of urea groups is 1. The van der Waals surface area contributed by atoms with E-state index in [2.05, 4.69) is 28.2 Å². The largest absolute Gasteiger partial charge is 0.327 e. The van der Waals surface area contributed by atoms with Gasteiger partial charge < -0.3 is 20.1 Å². The normalized spacial score (nSPS) is 16.0. The summed E-state index contributed by atoms with van der Waals surface area (Å²) in [5.41, 5.74) is 4.38. The SMILES string of the molecule is CCC(=O)Nc1ccc(C)c(NC(=O)N2CCCC2c2nc3ccccc3n2CC)c1. The molecule has 0 saturated carbocycles. The van der Waals surface area contributed by atoms with Crippen molar-refractivity contribution in [1.82, 2.24) is 14.5 Å². The molecule has 1 aromatic heterocycles. The van der Waals surface area contributed by atoms with Gasteiger partial charge in [-0.25, -0.2) is 9.78 Å². The lowest BCUT2D eigenvalue weighted by molar-refractivity contribution is -0.115. The minimum absolute atomic E-state index is 0.0563. The van der Waals surface area contributed by atoms with Gasteiger partial charge in [0, 0.05) is 30.9 Å². The molecule has 1 fully saturated rings. The number of benzene rings is 2. The van der Waals surface area contributed by atoms with Crippen molar-refractivity contribution in [2.24, 2.45) is 0 Å². The Hall–Kier alpha value is -3.35. The summed E-state index contributed by atoms with van der Waals surface area (Å²) in [6.07, 6.45) is 2.24. The van der Waals surface area contributed by atoms with E-state index in [9.17, 15) is 9.59 Å². The topological polar surface area (TPSA) is 79.3 Å². The van der Waals surface area contributed by atoms with Gasteiger partial charge in [0.2, 0.25) is 5.91 Å². The molecule has 2 aromatic carbocycles. The molecule has 3 aromatic rings. The molecule has 2 N–H and O–H groups in total. The molecule has 1 aliphatic heterocycles. The highest BCUT2D eigenvalue weighted by atomic mass is 16.2. The third-order valence-corrected chi connectivity index (χ3v) is 5.90. The van der Waals surface area contributed by atoms with Crippen molar-refractivity contribution in [3.63, 3.8) is 0 Å². The number of nitrogens with one attached hydrogen (secondary N) is 2. The zero-order valence-corrected chi connectivity index (χ0v) is 18.3. The Balaban J connectivity index is 1.58. The number of nitrogens with zero attached hydrogens (tertiary/aromatic N) is 3. The van der Waals surface area contributed by atoms with Crippen molar-refractivity contribution in [1.29, 1.82) is 0 Å². The number of hydrogen-bond donors (Lipinski definition) is 2. The molecule has 1 aliphatic rings. The molecule has 1 unspecified atom stereocenters. The van der Waals surface area contributed by atoms with Gasteiger partial charge in [0.15, 0.2) is 0 Å². The van der Waals surface area contributed by atoms with Crippen LogP contribution >= 0.6 is 0 Å². The highest BCUT2D eigenvalue weighted by molar-refractivity contribution is 5.94. The monoisotopic (exact) mass is 419 g/mol. The van der Waals surface area contributed by atoms with Crippen molar-refractivity contribution in [3.8, 4) is 0 Å². The van der Waals surface area contributed by atoms with Crippen molar-refractivity contribution >= 4 is 34.3 Å². The quantitative estimate of drug-likeness (QED) is 0.605. The number of aryl methyl sites for hydroxylation is 2. The van der Waals surface area contributed by atoms with E-state index in [4.69, 9.17) is 4.98 Å². The third-order valence-electron chi connectivity index (χ3n) is 5.90. The second-order valence-electron chi connectivity index (χ2n) is 7.92. The lowest BCUT2D eigenvalue weighted by Gasteiger charge is -2.25. The van der Waals surface area contributed by atoms with E-state index >= 15 is 0 Å². The molecule has 0 spiro atoms. The fourth-order valence-electron chi connectivity index (χ4n) is 4.23. The van der Waals surface area contributed by atoms with Gasteiger partial charge in [0.05, 0.1) is 17.1 Å². The van der Waals surface area contributed by atoms with Crippen LogP contribution in [0.2, 0.25) is 0 Å². The van der Waals surface area contributed by atoms with E-state index in [1.165, 1.54) is 0 Å². The number of aromatic nitrogens is 2. The van der Waals surface area contributed by atoms with Gasteiger partial charge >= 0.3 is 6.03 Å². The Labute approximate surface area is 182 Å². The summed E-state index contributed by atoms with van der Waals surface area (Å²) < 4.78 is 2.21. The first-order valence-electron chi connectivity index (χ1n) is 10.9. The van der Waals surface area contributed by atoms with Gasteiger partial charge in [0.25, 0.3) is 0 Å². The second-order valence-corrected chi connectivity index (χ2v) is 7.92. The number of hydrogen-bond acceptors (Lipinski definition) is 3. The van der Waals surface area contributed by atoms with Crippen LogP contribution in [0.15, 0.2) is 42.5 Å². The first kappa shape index (κ1) is 20.9. The number of para-hydroxylation sites is 2. The van der Waals surface area contributed by atoms with E-state index in [1.807, 2.05) is 55.1 Å². The first-order valence-corrected chi connectivity index (χ1v) is 10.9. The van der Waals surface area contributed by atoms with E-state index in [0.29, 0.717) is 24.3 Å². The number of amides is 3. The summed E-state index contributed by atoms with van der Waals surface area (Å²) in [7, 11) is 0. The van der Waals surface area contributed by atoms with E-state index < -0.39 is 0 Å². The van der Waals surface area contributed by atoms with Crippen LogP contribution in [0.5, 0.6) is 0 Å². The van der Waals surface area contributed by atoms with Gasteiger partial charge in [-0.05, 0) is 56.5 Å². The van der Waals surface area contributed by atoms with Crippen LogP contribution in [-0.2, 0) is 11.3 Å². The summed E-state index contributed by atoms with van der Waals surface area (Å²) in [6, 6.07) is 13.5. The maximum absolute atomic E-state index is 13.2. The average molecular weight is 420 g/mol. The van der Waals surface area contributed by atoms with Crippen LogP contribution in [0.25, 0.3) is 11.0 Å². The molecule has 0 radical (unpaired) electrons. The smallest absolute Gasteiger partial charge is 0.322 e. The fourth-order valence-corrected chi connectivity index (χ4v) is 4.23. The zero-order chi connectivity index (χ0) is 22.0. The Morgan fingerprint density at radius 3 is 2.71 bits per heavy atom. The molecule has 0 bridgehead atoms. The highest BCUT2D eigenvalue weighted by Gasteiger charge is 2.33. The minimum atomic E-state index is -0.140. The zero-order valence-electron chi connectivity index (χ0n) is 18.3. The Bertz CT molecular complexity index is 1120. The van der Waals surface area contributed by atoms with Gasteiger partial charge in [-0.1, -0.05) is 25.1 Å². The number of likely N-dealkylation sites (tertiary alicyclic amines) is 1. The third kappa shape index (κ3) is 4.13. The predicted octanol–water partition coefficient (Wildman–Crippen LogP) is 5.08. The number of anilines is 2. The fraction of sp³-hybridized carbons (Fsp3) is 0.375. The van der Waals surface area contributed by atoms with Crippen molar-refractivity contribution in [3.05, 3.63) is 53.9 Å². The lowest BCUT2D eigenvalue weighted by Crippen LogP contribution is -2.35. The maximum atomic E-state index is 13.2. The molecular weight excluding hydrogens is 390 g/mol. The molecule has 7 heteroatoms. The summed E-state index contributed by atoms with van der Waals surface area (Å²) in [5, 5.41) is 5.90. The van der Waals surface area contributed by atoms with Gasteiger partial charge in [-0.3, -0.25) is 4.79 Å². The van der Waals surface area contributed by atoms with Crippen LogP contribution in [0, 0.1) is 6.92 Å². The van der Waals surface area contributed by atoms with Crippen LogP contribution in [0.1, 0.15) is 50.5 Å². The summed E-state index contributed by atoms with van der Waals surface area (Å²) in [5.74, 6) is 0.885. The Kier molecular flexibility index (Phi) is 5.93. The van der Waals surface area contributed by atoms with Crippen LogP contribution in [-0.4, -0.2) is 32.9 Å². The van der Waals surface area contributed by atoms with E-state index in [1.54, 1.807) is 0 Å². The number of fused-ring (bicyclic) bond motifs is 1. The lowest BCUT2D eigenvalue weighted by atomic mass is 10.1. The molecule has 7 nitrogen and oxygen atoms in total. The van der Waals surface area contributed by atoms with Gasteiger partial charge in [-0.15, -0.1) is 0 Å². The van der Waals surface area contributed by atoms with Crippen LogP contribution in [0.4, 0.5) is 16.2 Å². The average Bonchev–Trinajstić information content (AvgIpc) is 3.40. The summed E-state index contributed by atoms with van der Waals surface area (Å²) in [4.78, 5) is 31.7. The van der Waals surface area contributed by atoms with Crippen LogP contribution in [0.3, 0.4) is 0 Å².